The molecule has 0 saturated carbocycles. The zero-order chi connectivity index (χ0) is 27.0. The van der Waals surface area contributed by atoms with E-state index in [2.05, 4.69) is 29.8 Å². The van der Waals surface area contributed by atoms with E-state index in [0.717, 1.165) is 22.1 Å². The first kappa shape index (κ1) is 25.3. The van der Waals surface area contributed by atoms with E-state index in [4.69, 9.17) is 5.73 Å². The highest BCUT2D eigenvalue weighted by atomic mass is 32.2. The minimum Gasteiger partial charge on any atom is -0.543 e. The standard InChI is InChI=1S/C21H18FN9O5S2/c1-29-6-7-30-12(29)5-4-11(26-30)3-2-10-8-37-19-14(18(33)31(19)15(10)20(34)35)24-17(32)13(27-36-9-22)16-25-21(23)38-28-16/h2-7,14,19H,8-9H2,1H3,(H3-,23,24,25,28,32,34,35)/b3-2+,27-13-/t14-,19-/m1/s1. The minimum atomic E-state index is -1.53. The molecule has 14 nitrogen and oxygen atoms in total. The van der Waals surface area contributed by atoms with Crippen LogP contribution in [0.5, 0.6) is 0 Å². The van der Waals surface area contributed by atoms with Gasteiger partial charge in [0, 0.05) is 23.4 Å². The number of fused-ring (bicyclic) bond motifs is 2. The van der Waals surface area contributed by atoms with Gasteiger partial charge in [-0.25, -0.2) is 8.96 Å². The Balaban J connectivity index is 1.35. The largest absolute Gasteiger partial charge is 0.543 e. The lowest BCUT2D eigenvalue weighted by Crippen LogP contribution is -2.71. The quantitative estimate of drug-likeness (QED) is 0.140. The Morgan fingerprint density at radius 3 is 2.95 bits per heavy atom. The lowest BCUT2D eigenvalue weighted by molar-refractivity contribution is -0.644. The Labute approximate surface area is 221 Å². The van der Waals surface area contributed by atoms with Gasteiger partial charge >= 0.3 is 5.65 Å². The molecule has 2 amide bonds. The van der Waals surface area contributed by atoms with Crippen molar-refractivity contribution in [2.45, 2.75) is 11.4 Å². The summed E-state index contributed by atoms with van der Waals surface area (Å²) in [6, 6.07) is 2.56. The predicted octanol–water partition coefficient (Wildman–Crippen LogP) is -1.64. The van der Waals surface area contributed by atoms with Crippen LogP contribution in [0.2, 0.25) is 0 Å². The van der Waals surface area contributed by atoms with Crippen LogP contribution in [-0.2, 0) is 26.3 Å². The number of hydrogen-bond donors (Lipinski definition) is 2. The average molecular weight is 560 g/mol. The lowest BCUT2D eigenvalue weighted by Gasteiger charge is -2.50. The molecule has 0 aliphatic carbocycles. The number of carboxylic acid groups (broad SMARTS) is 1. The third-order valence-electron chi connectivity index (χ3n) is 5.66. The number of carbonyl (C=O) groups excluding carboxylic acids is 3. The molecule has 0 radical (unpaired) electrons. The maximum Gasteiger partial charge on any atom is 0.306 e. The van der Waals surface area contributed by atoms with E-state index in [-0.39, 0.29) is 22.4 Å². The smallest absolute Gasteiger partial charge is 0.306 e. The zero-order valence-corrected chi connectivity index (χ0v) is 21.1. The van der Waals surface area contributed by atoms with Crippen LogP contribution in [0.15, 0.2) is 47.0 Å². The van der Waals surface area contributed by atoms with Gasteiger partial charge in [0.1, 0.15) is 23.3 Å². The van der Waals surface area contributed by atoms with E-state index in [1.807, 2.05) is 23.9 Å². The third kappa shape index (κ3) is 4.56. The number of oxime groups is 1. The molecule has 5 rings (SSSR count). The number of aromatic nitrogens is 5. The number of halogens is 1. The van der Waals surface area contributed by atoms with E-state index >= 15 is 0 Å². The second-order valence-electron chi connectivity index (χ2n) is 7.96. The number of β-lactam (4-membered cyclic amide) rings is 1. The van der Waals surface area contributed by atoms with E-state index in [9.17, 15) is 23.9 Å². The molecular formula is C21H18FN9O5S2. The second-order valence-corrected chi connectivity index (χ2v) is 9.85. The van der Waals surface area contributed by atoms with Crippen molar-refractivity contribution >= 4 is 63.6 Å². The van der Waals surface area contributed by atoms with Gasteiger partial charge in [-0.2, -0.15) is 9.36 Å². The van der Waals surface area contributed by atoms with Crippen molar-refractivity contribution in [1.29, 1.82) is 0 Å². The number of nitrogen functional groups attached to an aromatic ring is 1. The van der Waals surface area contributed by atoms with Crippen LogP contribution in [0.1, 0.15) is 11.5 Å². The Morgan fingerprint density at radius 2 is 2.24 bits per heavy atom. The summed E-state index contributed by atoms with van der Waals surface area (Å²) in [5, 5.41) is 21.6. The molecule has 3 aromatic rings. The summed E-state index contributed by atoms with van der Waals surface area (Å²) in [5.41, 5.74) is 6.55. The minimum absolute atomic E-state index is 0.0382. The number of thioether (sulfide) groups is 1. The summed E-state index contributed by atoms with van der Waals surface area (Å²) in [6.45, 7) is -1.31. The fraction of sp³-hybridized carbons (Fsp3) is 0.238. The van der Waals surface area contributed by atoms with Crippen molar-refractivity contribution in [1.82, 2.24) is 29.2 Å². The Kier molecular flexibility index (Phi) is 6.77. The van der Waals surface area contributed by atoms with Crippen LogP contribution >= 0.6 is 23.3 Å². The maximum absolute atomic E-state index is 12.9. The molecule has 2 aliphatic heterocycles. The highest BCUT2D eigenvalue weighted by molar-refractivity contribution is 8.00. The average Bonchev–Trinajstić information content (AvgIpc) is 3.50. The topological polar surface area (TPSA) is 184 Å². The monoisotopic (exact) mass is 559 g/mol. The molecule has 0 aromatic carbocycles. The summed E-state index contributed by atoms with van der Waals surface area (Å²) in [7, 11) is 1.89. The Bertz CT molecular complexity index is 1550. The Morgan fingerprint density at radius 1 is 1.42 bits per heavy atom. The molecule has 3 aromatic heterocycles. The number of hydrogen-bond acceptors (Lipinski definition) is 12. The third-order valence-corrected chi connectivity index (χ3v) is 7.50. The van der Waals surface area contributed by atoms with E-state index in [1.165, 1.54) is 11.8 Å². The van der Waals surface area contributed by atoms with Crippen molar-refractivity contribution < 1.29 is 33.3 Å². The SMILES string of the molecule is C[n+]1ccn2nc(/C=C/C3=C(C(=O)[O-])N4C(=O)[C@@H](NC(=O)/C(=N\OCF)c5nsc(N)n5)[C@H]4SC3)ccc21. The normalized spacial score (nSPS) is 19.6. The van der Waals surface area contributed by atoms with Crippen molar-refractivity contribution in [3.63, 3.8) is 0 Å². The van der Waals surface area contributed by atoms with E-state index in [1.54, 1.807) is 28.9 Å². The van der Waals surface area contributed by atoms with Gasteiger partial charge in [-0.3, -0.25) is 14.5 Å². The van der Waals surface area contributed by atoms with Crippen LogP contribution in [0.25, 0.3) is 11.7 Å². The zero-order valence-electron chi connectivity index (χ0n) is 19.5. The molecule has 2 atom stereocenters. The number of allylic oxidation sites excluding steroid dienone is 1. The van der Waals surface area contributed by atoms with Gasteiger partial charge < -0.3 is 25.8 Å². The highest BCUT2D eigenvalue weighted by Crippen LogP contribution is 2.40. The Hall–Kier alpha value is -4.38. The van der Waals surface area contributed by atoms with Gasteiger partial charge in [-0.05, 0) is 17.7 Å². The van der Waals surface area contributed by atoms with Crippen molar-refractivity contribution in [3.8, 4) is 0 Å². The number of alkyl halides is 1. The number of aryl methyl sites for hydroxylation is 1. The number of anilines is 1. The number of amides is 2. The number of nitrogens with zero attached hydrogens (tertiary/aromatic N) is 7. The fourth-order valence-electron chi connectivity index (χ4n) is 3.92. The molecule has 2 aliphatic rings. The number of nitrogens with two attached hydrogens (primary N) is 1. The molecule has 5 heterocycles. The van der Waals surface area contributed by atoms with Gasteiger partial charge in [0.25, 0.3) is 18.7 Å². The molecule has 1 fully saturated rings. The van der Waals surface area contributed by atoms with Crippen LogP contribution in [0, 0.1) is 0 Å². The first-order valence-corrected chi connectivity index (χ1v) is 12.7. The molecule has 38 heavy (non-hydrogen) atoms. The molecule has 0 bridgehead atoms. The number of carbonyl (C=O) groups is 3. The number of rotatable bonds is 8. The molecule has 1 saturated heterocycles. The van der Waals surface area contributed by atoms with Gasteiger partial charge in [0.05, 0.1) is 18.7 Å². The summed E-state index contributed by atoms with van der Waals surface area (Å²) < 4.78 is 19.9. The van der Waals surface area contributed by atoms with Crippen LogP contribution < -0.4 is 20.7 Å². The van der Waals surface area contributed by atoms with Crippen LogP contribution in [-0.4, -0.2) is 71.4 Å². The first-order chi connectivity index (χ1) is 18.3. The van der Waals surface area contributed by atoms with Crippen molar-refractivity contribution in [2.75, 3.05) is 18.3 Å². The van der Waals surface area contributed by atoms with E-state index < -0.39 is 41.8 Å². The number of nitrogens with one attached hydrogen (secondary N) is 1. The molecule has 3 N–H and O–H groups in total. The molecule has 17 heteroatoms. The van der Waals surface area contributed by atoms with E-state index in [0.29, 0.717) is 11.3 Å². The molecule has 0 spiro atoms. The molecule has 0 unspecified atom stereocenters. The van der Waals surface area contributed by atoms with Gasteiger partial charge in [-0.1, -0.05) is 16.3 Å². The van der Waals surface area contributed by atoms with Gasteiger partial charge in [0.2, 0.25) is 11.5 Å². The highest BCUT2D eigenvalue weighted by Gasteiger charge is 2.53. The molecular weight excluding hydrogens is 541 g/mol. The number of imidazole rings is 1. The maximum atomic E-state index is 12.9. The first-order valence-electron chi connectivity index (χ1n) is 10.9. The predicted molar refractivity (Wildman–Crippen MR) is 130 cm³/mol. The van der Waals surface area contributed by atoms with Gasteiger partial charge in [0.15, 0.2) is 11.3 Å². The van der Waals surface area contributed by atoms with Crippen molar-refractivity contribution in [3.05, 3.63) is 53.4 Å². The fourth-order valence-corrected chi connectivity index (χ4v) is 5.68. The number of carboxylic acids is 1. The molecule has 196 valence electrons. The lowest BCUT2D eigenvalue weighted by atomic mass is 10.0. The summed E-state index contributed by atoms with van der Waals surface area (Å²) in [4.78, 5) is 47.0. The second kappa shape index (κ2) is 10.2. The van der Waals surface area contributed by atoms with Crippen molar-refractivity contribution in [2.24, 2.45) is 12.2 Å². The summed E-state index contributed by atoms with van der Waals surface area (Å²) in [6.07, 6.45) is 6.85. The summed E-state index contributed by atoms with van der Waals surface area (Å²) in [5.74, 6) is -3.11. The summed E-state index contributed by atoms with van der Waals surface area (Å²) >= 11 is 2.03. The van der Waals surface area contributed by atoms with Crippen LogP contribution in [0.4, 0.5) is 9.52 Å². The van der Waals surface area contributed by atoms with Gasteiger partial charge in [-0.15, -0.1) is 16.3 Å². The van der Waals surface area contributed by atoms with Crippen LogP contribution in [0.3, 0.4) is 0 Å². The number of aliphatic carboxylic acids is 1.